The van der Waals surface area contributed by atoms with Gasteiger partial charge >= 0.3 is 6.03 Å². The smallest absolute Gasteiger partial charge is 0.317 e. The van der Waals surface area contributed by atoms with Gasteiger partial charge in [-0.25, -0.2) is 4.79 Å². The molecule has 0 fully saturated rings. The minimum Gasteiger partial charge on any atom is -0.334 e. The van der Waals surface area contributed by atoms with E-state index >= 15 is 0 Å². The lowest BCUT2D eigenvalue weighted by Gasteiger charge is -2.20. The Morgan fingerprint density at radius 2 is 1.86 bits per heavy atom. The molecule has 0 radical (unpaired) electrons. The largest absolute Gasteiger partial charge is 0.334 e. The zero-order chi connectivity index (χ0) is 19.9. The number of thiophene rings is 1. The number of pyridine rings is 1. The molecule has 146 valence electrons. The summed E-state index contributed by atoms with van der Waals surface area (Å²) in [4.78, 5) is 27.1. The van der Waals surface area contributed by atoms with E-state index < -0.39 is 0 Å². The monoisotopic (exact) mass is 415 g/mol. The molecule has 2 aromatic heterocycles. The average Bonchev–Trinajstić information content (AvgIpc) is 3.12. The second-order valence-corrected chi connectivity index (χ2v) is 8.16. The van der Waals surface area contributed by atoms with Crippen molar-refractivity contribution < 1.29 is 4.79 Å². The van der Waals surface area contributed by atoms with Gasteiger partial charge in [-0.1, -0.05) is 41.9 Å². The van der Waals surface area contributed by atoms with Crippen LogP contribution in [0.25, 0.3) is 0 Å². The van der Waals surface area contributed by atoms with Crippen molar-refractivity contribution in [1.29, 1.82) is 0 Å². The van der Waals surface area contributed by atoms with Crippen LogP contribution >= 0.6 is 22.9 Å². The molecular formula is C21H22ClN3O2S. The minimum atomic E-state index is -0.105. The first-order valence-corrected chi connectivity index (χ1v) is 10.2. The predicted octanol–water partition coefficient (Wildman–Crippen LogP) is 4.34. The number of rotatable bonds is 7. The molecule has 3 rings (SSSR count). The number of benzene rings is 1. The van der Waals surface area contributed by atoms with Crippen molar-refractivity contribution in [2.24, 2.45) is 0 Å². The SMILES string of the molecule is CCN(Cc1ccc(Cl)s1)C(=O)NCc1ccc(Cn2ccccc2=O)cc1. The molecule has 0 bridgehead atoms. The Hall–Kier alpha value is -2.57. The molecule has 0 saturated heterocycles. The van der Waals surface area contributed by atoms with Crippen molar-refractivity contribution in [3.05, 3.63) is 91.5 Å². The zero-order valence-electron chi connectivity index (χ0n) is 15.6. The number of urea groups is 1. The third kappa shape index (κ3) is 5.47. The number of carbonyl (C=O) groups excluding carboxylic acids is 1. The van der Waals surface area contributed by atoms with Gasteiger partial charge in [0.15, 0.2) is 0 Å². The summed E-state index contributed by atoms with van der Waals surface area (Å²) in [7, 11) is 0. The number of halogens is 1. The Kier molecular flexibility index (Phi) is 6.90. The van der Waals surface area contributed by atoms with Crippen LogP contribution in [0.2, 0.25) is 4.34 Å². The molecule has 1 N–H and O–H groups in total. The molecule has 0 aliphatic carbocycles. The number of amides is 2. The first-order valence-electron chi connectivity index (χ1n) is 9.05. The molecule has 0 aliphatic rings. The average molecular weight is 416 g/mol. The van der Waals surface area contributed by atoms with E-state index in [-0.39, 0.29) is 11.6 Å². The van der Waals surface area contributed by atoms with Crippen LogP contribution in [-0.4, -0.2) is 22.0 Å². The summed E-state index contributed by atoms with van der Waals surface area (Å²) in [5.41, 5.74) is 2.02. The van der Waals surface area contributed by atoms with E-state index in [9.17, 15) is 9.59 Å². The van der Waals surface area contributed by atoms with Crippen LogP contribution in [0.3, 0.4) is 0 Å². The minimum absolute atomic E-state index is 0.0227. The van der Waals surface area contributed by atoms with Crippen LogP contribution < -0.4 is 10.9 Å². The molecule has 3 aromatic rings. The van der Waals surface area contributed by atoms with Gasteiger partial charge in [0.2, 0.25) is 0 Å². The Balaban J connectivity index is 1.54. The maximum Gasteiger partial charge on any atom is 0.317 e. The van der Waals surface area contributed by atoms with Crippen LogP contribution in [0.5, 0.6) is 0 Å². The van der Waals surface area contributed by atoms with Gasteiger partial charge < -0.3 is 14.8 Å². The number of hydrogen-bond acceptors (Lipinski definition) is 3. The van der Waals surface area contributed by atoms with Gasteiger partial charge in [0.1, 0.15) is 0 Å². The first kappa shape index (κ1) is 20.2. The fourth-order valence-corrected chi connectivity index (χ4v) is 3.90. The molecular weight excluding hydrogens is 394 g/mol. The maximum absolute atomic E-state index is 12.5. The van der Waals surface area contributed by atoms with Crippen LogP contribution in [0, 0.1) is 0 Å². The van der Waals surface area contributed by atoms with E-state index in [4.69, 9.17) is 11.6 Å². The van der Waals surface area contributed by atoms with Gasteiger partial charge in [0.25, 0.3) is 5.56 Å². The standard InChI is InChI=1S/C21H22ClN3O2S/c1-2-24(15-18-10-11-19(22)28-18)21(27)23-13-16-6-8-17(9-7-16)14-25-12-4-3-5-20(25)26/h3-12H,2,13-15H2,1H3,(H,23,27). The normalized spacial score (nSPS) is 10.6. The van der Waals surface area contributed by atoms with Gasteiger partial charge in [0, 0.05) is 30.2 Å². The summed E-state index contributed by atoms with van der Waals surface area (Å²) in [6.45, 7) is 4.09. The summed E-state index contributed by atoms with van der Waals surface area (Å²) < 4.78 is 2.39. The van der Waals surface area contributed by atoms with Gasteiger partial charge in [-0.05, 0) is 36.2 Å². The fourth-order valence-electron chi connectivity index (χ4n) is 2.79. The second kappa shape index (κ2) is 9.57. The van der Waals surface area contributed by atoms with Crippen LogP contribution in [0.4, 0.5) is 4.79 Å². The highest BCUT2D eigenvalue weighted by molar-refractivity contribution is 7.16. The molecule has 2 amide bonds. The Morgan fingerprint density at radius 3 is 2.50 bits per heavy atom. The molecule has 0 atom stereocenters. The summed E-state index contributed by atoms with van der Waals surface area (Å²) in [5.74, 6) is 0. The van der Waals surface area contributed by atoms with E-state index in [2.05, 4.69) is 5.32 Å². The lowest BCUT2D eigenvalue weighted by atomic mass is 10.1. The number of nitrogens with zero attached hydrogens (tertiary/aromatic N) is 2. The molecule has 0 aliphatic heterocycles. The Bertz CT molecular complexity index is 982. The van der Waals surface area contributed by atoms with E-state index in [1.807, 2.05) is 49.4 Å². The third-order valence-corrected chi connectivity index (χ3v) is 5.58. The fraction of sp³-hybridized carbons (Fsp3) is 0.238. The maximum atomic E-state index is 12.5. The molecule has 7 heteroatoms. The van der Waals surface area contributed by atoms with Crippen molar-refractivity contribution in [2.75, 3.05) is 6.54 Å². The van der Waals surface area contributed by atoms with E-state index in [0.717, 1.165) is 20.3 Å². The number of hydrogen-bond donors (Lipinski definition) is 1. The summed E-state index contributed by atoms with van der Waals surface area (Å²) in [6.07, 6.45) is 1.77. The van der Waals surface area contributed by atoms with E-state index in [0.29, 0.717) is 26.2 Å². The topological polar surface area (TPSA) is 54.3 Å². The van der Waals surface area contributed by atoms with Crippen LogP contribution in [0.15, 0.2) is 65.6 Å². The number of carbonyl (C=O) groups is 1. The van der Waals surface area contributed by atoms with E-state index in [1.165, 1.54) is 11.3 Å². The molecule has 0 spiro atoms. The number of aromatic nitrogens is 1. The molecule has 0 saturated carbocycles. The molecule has 0 unspecified atom stereocenters. The van der Waals surface area contributed by atoms with Crippen LogP contribution in [-0.2, 0) is 19.6 Å². The number of nitrogens with one attached hydrogen (secondary N) is 1. The van der Waals surface area contributed by atoms with Crippen LogP contribution in [0.1, 0.15) is 22.9 Å². The summed E-state index contributed by atoms with van der Waals surface area (Å²) in [6, 6.07) is 16.7. The first-order chi connectivity index (χ1) is 13.5. The van der Waals surface area contributed by atoms with Gasteiger partial charge in [-0.2, -0.15) is 0 Å². The Labute approximate surface area is 173 Å². The van der Waals surface area contributed by atoms with Crippen molar-refractivity contribution >= 4 is 29.0 Å². The lowest BCUT2D eigenvalue weighted by Crippen LogP contribution is -2.38. The summed E-state index contributed by atoms with van der Waals surface area (Å²) >= 11 is 7.45. The molecule has 5 nitrogen and oxygen atoms in total. The highest BCUT2D eigenvalue weighted by Gasteiger charge is 2.13. The second-order valence-electron chi connectivity index (χ2n) is 6.36. The van der Waals surface area contributed by atoms with Crippen molar-refractivity contribution in [1.82, 2.24) is 14.8 Å². The highest BCUT2D eigenvalue weighted by Crippen LogP contribution is 2.22. The summed E-state index contributed by atoms with van der Waals surface area (Å²) in [5, 5.41) is 2.96. The predicted molar refractivity (Wildman–Crippen MR) is 114 cm³/mol. The van der Waals surface area contributed by atoms with E-state index in [1.54, 1.807) is 27.8 Å². The zero-order valence-corrected chi connectivity index (χ0v) is 17.2. The highest BCUT2D eigenvalue weighted by atomic mass is 35.5. The van der Waals surface area contributed by atoms with Gasteiger partial charge in [0.05, 0.1) is 17.4 Å². The van der Waals surface area contributed by atoms with Gasteiger partial charge in [-0.15, -0.1) is 11.3 Å². The Morgan fingerprint density at radius 1 is 1.11 bits per heavy atom. The lowest BCUT2D eigenvalue weighted by molar-refractivity contribution is 0.198. The van der Waals surface area contributed by atoms with Crippen molar-refractivity contribution in [3.8, 4) is 0 Å². The van der Waals surface area contributed by atoms with Crippen molar-refractivity contribution in [3.63, 3.8) is 0 Å². The third-order valence-electron chi connectivity index (χ3n) is 4.36. The molecule has 2 heterocycles. The molecule has 1 aromatic carbocycles. The molecule has 28 heavy (non-hydrogen) atoms. The van der Waals surface area contributed by atoms with Gasteiger partial charge in [-0.3, -0.25) is 4.79 Å². The quantitative estimate of drug-likeness (QED) is 0.624. The van der Waals surface area contributed by atoms with Crippen molar-refractivity contribution in [2.45, 2.75) is 26.6 Å².